The van der Waals surface area contributed by atoms with Crippen molar-refractivity contribution in [1.82, 2.24) is 9.80 Å². The highest BCUT2D eigenvalue weighted by Crippen LogP contribution is 2.20. The molecule has 0 radical (unpaired) electrons. The van der Waals surface area contributed by atoms with Crippen molar-refractivity contribution in [1.29, 1.82) is 0 Å². The highest BCUT2D eigenvalue weighted by atomic mass is 15.2. The van der Waals surface area contributed by atoms with Gasteiger partial charge in [0.1, 0.15) is 0 Å². The molecule has 0 amide bonds. The summed E-state index contributed by atoms with van der Waals surface area (Å²) in [5.41, 5.74) is 8.20. The van der Waals surface area contributed by atoms with Gasteiger partial charge in [-0.25, -0.2) is 0 Å². The molecule has 1 fully saturated rings. The molecule has 2 rings (SSSR count). The maximum Gasteiger partial charge on any atom is 0.0346 e. The van der Waals surface area contributed by atoms with Crippen molar-refractivity contribution in [3.63, 3.8) is 0 Å². The molecule has 2 atom stereocenters. The molecule has 0 aliphatic carbocycles. The van der Waals surface area contributed by atoms with Gasteiger partial charge in [0.2, 0.25) is 0 Å². The first kappa shape index (κ1) is 14.4. The van der Waals surface area contributed by atoms with Crippen LogP contribution in [0.2, 0.25) is 0 Å². The Morgan fingerprint density at radius 3 is 2.63 bits per heavy atom. The van der Waals surface area contributed by atoms with Gasteiger partial charge in [-0.2, -0.15) is 0 Å². The van der Waals surface area contributed by atoms with Crippen molar-refractivity contribution in [2.45, 2.75) is 25.8 Å². The van der Waals surface area contributed by atoms with Gasteiger partial charge in [0.15, 0.2) is 0 Å². The van der Waals surface area contributed by atoms with E-state index in [1.165, 1.54) is 31.6 Å². The molecule has 19 heavy (non-hydrogen) atoms. The average Bonchev–Trinajstić information content (AvgIpc) is 2.73. The molecule has 1 heterocycles. The van der Waals surface area contributed by atoms with Gasteiger partial charge in [-0.15, -0.1) is 0 Å². The maximum atomic E-state index is 5.98. The Morgan fingerprint density at radius 2 is 2.00 bits per heavy atom. The van der Waals surface area contributed by atoms with Crippen molar-refractivity contribution >= 4 is 5.69 Å². The summed E-state index contributed by atoms with van der Waals surface area (Å²) in [7, 11) is 4.38. The fraction of sp³-hybridized carbons (Fsp3) is 0.625. The van der Waals surface area contributed by atoms with Crippen LogP contribution in [0.25, 0.3) is 0 Å². The molecule has 0 aromatic heterocycles. The summed E-state index contributed by atoms with van der Waals surface area (Å²) in [4.78, 5) is 4.95. The molecule has 1 aliphatic heterocycles. The van der Waals surface area contributed by atoms with Gasteiger partial charge in [-0.05, 0) is 51.0 Å². The minimum atomic E-state index is 0.710. The Balaban J connectivity index is 1.77. The monoisotopic (exact) mass is 261 g/mol. The topological polar surface area (TPSA) is 32.5 Å². The molecule has 1 aromatic carbocycles. The number of rotatable bonds is 5. The number of hydrogen-bond acceptors (Lipinski definition) is 3. The number of aryl methyl sites for hydroxylation is 1. The lowest BCUT2D eigenvalue weighted by Crippen LogP contribution is -2.34. The van der Waals surface area contributed by atoms with Crippen LogP contribution in [0.15, 0.2) is 24.3 Å². The molecule has 0 bridgehead atoms. The lowest BCUT2D eigenvalue weighted by molar-refractivity contribution is 0.251. The summed E-state index contributed by atoms with van der Waals surface area (Å²) in [5.74, 6) is 0.775. The first-order chi connectivity index (χ1) is 9.08. The van der Waals surface area contributed by atoms with Crippen molar-refractivity contribution in [2.75, 3.05) is 39.5 Å². The van der Waals surface area contributed by atoms with E-state index in [0.717, 1.165) is 18.0 Å². The van der Waals surface area contributed by atoms with Crippen LogP contribution >= 0.6 is 0 Å². The second-order valence-corrected chi connectivity index (χ2v) is 6.07. The van der Waals surface area contributed by atoms with Crippen LogP contribution < -0.4 is 5.73 Å². The Bertz CT molecular complexity index is 403. The Hall–Kier alpha value is -1.06. The third-order valence-electron chi connectivity index (χ3n) is 4.29. The van der Waals surface area contributed by atoms with Gasteiger partial charge in [-0.1, -0.05) is 25.1 Å². The fourth-order valence-electron chi connectivity index (χ4n) is 3.16. The summed E-state index contributed by atoms with van der Waals surface area (Å²) >= 11 is 0. The largest absolute Gasteiger partial charge is 0.399 e. The summed E-state index contributed by atoms with van der Waals surface area (Å²) in [6, 6.07) is 8.93. The first-order valence-corrected chi connectivity index (χ1v) is 7.30. The zero-order valence-electron chi connectivity index (χ0n) is 12.5. The van der Waals surface area contributed by atoms with Crippen LogP contribution in [0.5, 0.6) is 0 Å². The second-order valence-electron chi connectivity index (χ2n) is 6.07. The summed E-state index contributed by atoms with van der Waals surface area (Å²) in [5, 5.41) is 0. The van der Waals surface area contributed by atoms with Crippen molar-refractivity contribution in [3.05, 3.63) is 29.8 Å². The van der Waals surface area contributed by atoms with Crippen LogP contribution in [0.4, 0.5) is 5.69 Å². The molecule has 1 aliphatic rings. The van der Waals surface area contributed by atoms with Crippen LogP contribution in [-0.4, -0.2) is 49.6 Å². The van der Waals surface area contributed by atoms with E-state index in [4.69, 9.17) is 5.73 Å². The number of anilines is 1. The van der Waals surface area contributed by atoms with E-state index < -0.39 is 0 Å². The van der Waals surface area contributed by atoms with Gasteiger partial charge >= 0.3 is 0 Å². The summed E-state index contributed by atoms with van der Waals surface area (Å²) < 4.78 is 0. The normalized spacial score (nSPS) is 24.2. The number of benzene rings is 1. The number of hydrogen-bond donors (Lipinski definition) is 1. The molecule has 106 valence electrons. The molecule has 2 N–H and O–H groups in total. The van der Waals surface area contributed by atoms with Gasteiger partial charge in [0, 0.05) is 24.8 Å². The van der Waals surface area contributed by atoms with E-state index in [2.05, 4.69) is 43.0 Å². The molecule has 0 spiro atoms. The highest BCUT2D eigenvalue weighted by molar-refractivity contribution is 5.46. The van der Waals surface area contributed by atoms with E-state index >= 15 is 0 Å². The van der Waals surface area contributed by atoms with Gasteiger partial charge in [0.05, 0.1) is 0 Å². The standard InChI is InChI=1S/C16H27N3/c1-13-11-19(12-16(13)18(2)3)10-6-8-14-7-4-5-9-15(14)17/h4-5,7,9,13,16H,6,8,10-12,17H2,1-3H3. The predicted octanol–water partition coefficient (Wildman–Crippen LogP) is 2.08. The average molecular weight is 261 g/mol. The zero-order chi connectivity index (χ0) is 13.8. The lowest BCUT2D eigenvalue weighted by atomic mass is 10.1. The van der Waals surface area contributed by atoms with Crippen LogP contribution in [0.3, 0.4) is 0 Å². The zero-order valence-corrected chi connectivity index (χ0v) is 12.5. The van der Waals surface area contributed by atoms with Crippen LogP contribution in [-0.2, 0) is 6.42 Å². The third-order valence-corrected chi connectivity index (χ3v) is 4.29. The number of likely N-dealkylation sites (tertiary alicyclic amines) is 1. The number of para-hydroxylation sites is 1. The minimum absolute atomic E-state index is 0.710. The smallest absolute Gasteiger partial charge is 0.0346 e. The first-order valence-electron chi connectivity index (χ1n) is 7.30. The molecular weight excluding hydrogens is 234 g/mol. The van der Waals surface area contributed by atoms with Gasteiger partial charge < -0.3 is 15.5 Å². The second kappa shape index (κ2) is 6.40. The van der Waals surface area contributed by atoms with E-state index in [1.807, 2.05) is 12.1 Å². The number of nitrogen functional groups attached to an aromatic ring is 1. The molecule has 1 saturated heterocycles. The maximum absolute atomic E-state index is 5.98. The summed E-state index contributed by atoms with van der Waals surface area (Å²) in [6.07, 6.45) is 2.28. The molecule has 3 nitrogen and oxygen atoms in total. The lowest BCUT2D eigenvalue weighted by Gasteiger charge is -2.22. The van der Waals surface area contributed by atoms with Gasteiger partial charge in [0.25, 0.3) is 0 Å². The predicted molar refractivity (Wildman–Crippen MR) is 82.3 cm³/mol. The molecule has 3 heteroatoms. The van der Waals surface area contributed by atoms with Crippen molar-refractivity contribution in [3.8, 4) is 0 Å². The van der Waals surface area contributed by atoms with E-state index in [-0.39, 0.29) is 0 Å². The SMILES string of the molecule is CC1CN(CCCc2ccccc2N)CC1N(C)C. The van der Waals surface area contributed by atoms with E-state index in [0.29, 0.717) is 6.04 Å². The number of nitrogens with zero attached hydrogens (tertiary/aromatic N) is 2. The highest BCUT2D eigenvalue weighted by Gasteiger charge is 2.30. The van der Waals surface area contributed by atoms with Crippen LogP contribution in [0.1, 0.15) is 18.9 Å². The Morgan fingerprint density at radius 1 is 1.26 bits per heavy atom. The Labute approximate surface area is 117 Å². The number of nitrogens with two attached hydrogens (primary N) is 1. The molecule has 2 unspecified atom stereocenters. The van der Waals surface area contributed by atoms with E-state index in [1.54, 1.807) is 0 Å². The number of likely N-dealkylation sites (N-methyl/N-ethyl adjacent to an activating group) is 1. The molecule has 1 aromatic rings. The van der Waals surface area contributed by atoms with E-state index in [9.17, 15) is 0 Å². The van der Waals surface area contributed by atoms with Crippen molar-refractivity contribution in [2.24, 2.45) is 5.92 Å². The molecule has 0 saturated carbocycles. The fourth-order valence-corrected chi connectivity index (χ4v) is 3.16. The van der Waals surface area contributed by atoms with Gasteiger partial charge in [-0.3, -0.25) is 0 Å². The van der Waals surface area contributed by atoms with Crippen molar-refractivity contribution < 1.29 is 0 Å². The quantitative estimate of drug-likeness (QED) is 0.824. The Kier molecular flexibility index (Phi) is 4.83. The minimum Gasteiger partial charge on any atom is -0.399 e. The van der Waals surface area contributed by atoms with Crippen LogP contribution in [0, 0.1) is 5.92 Å². The summed E-state index contributed by atoms with van der Waals surface area (Å²) in [6.45, 7) is 5.98. The molecular formula is C16H27N3. The third kappa shape index (κ3) is 3.71.